The van der Waals surface area contributed by atoms with E-state index >= 15 is 0 Å². The second-order valence-corrected chi connectivity index (χ2v) is 21.9. The fraction of sp³-hybridized carbons (Fsp3) is 0. The number of hydrogen-bond acceptors (Lipinski definition) is 23. The van der Waals surface area contributed by atoms with Gasteiger partial charge in [0.2, 0.25) is 0 Å². The largest absolute Gasteiger partial charge is 0.255 e. The maximum Gasteiger partial charge on any atom is -0.255 e. The van der Waals surface area contributed by atoms with Crippen LogP contribution in [0.1, 0.15) is 82.9 Å². The summed E-state index contributed by atoms with van der Waals surface area (Å²) in [6.45, 7) is 0. The van der Waals surface area contributed by atoms with Crippen molar-refractivity contribution in [1.29, 1.82) is 0 Å². The van der Waals surface area contributed by atoms with Crippen LogP contribution in [-0.2, 0) is 73.3 Å². The van der Waals surface area contributed by atoms with E-state index in [1.807, 2.05) is 48.5 Å². The molecule has 0 spiro atoms. The summed E-state index contributed by atoms with van der Waals surface area (Å²) >= 11 is -0.301. The van der Waals surface area contributed by atoms with Crippen LogP contribution in [0.5, 0.6) is 0 Å². The monoisotopic (exact) mass is 1370 g/mol. The van der Waals surface area contributed by atoms with Gasteiger partial charge in [0.25, 0.3) is 0 Å². The van der Waals surface area contributed by atoms with Crippen LogP contribution in [0, 0.1) is 0 Å². The van der Waals surface area contributed by atoms with E-state index in [0.717, 1.165) is 0 Å². The number of carbonyl (C=O) groups excluding carboxylic acids is 8. The molecule has 0 atom stereocenters. The zero-order valence-corrected chi connectivity index (χ0v) is 49.3. The van der Waals surface area contributed by atoms with Crippen molar-refractivity contribution in [3.63, 3.8) is 0 Å². The predicted molar refractivity (Wildman–Crippen MR) is 284 cm³/mol. The van der Waals surface area contributed by atoms with E-state index in [1.165, 1.54) is 0 Å². The second-order valence-electron chi connectivity index (χ2n) is 14.4. The van der Waals surface area contributed by atoms with Crippen LogP contribution in [-0.4, -0.2) is 79.5 Å². The minimum absolute atomic E-state index is 0.0754. The average molecular weight is 1370 g/mol. The first-order chi connectivity index (χ1) is 40.8. The molecule has 0 radical (unpaired) electrons. The molecule has 29 heteroatoms. The normalized spacial score (nSPS) is 9.65. The van der Waals surface area contributed by atoms with Crippen molar-refractivity contribution in [1.82, 2.24) is 0 Å². The smallest absolute Gasteiger partial charge is 0.255 e. The van der Waals surface area contributed by atoms with Gasteiger partial charge in [0.05, 0.1) is 15.6 Å². The number of carbonyl (C=O) groups is 8. The van der Waals surface area contributed by atoms with E-state index in [1.54, 1.807) is 194 Å². The van der Waals surface area contributed by atoms with Crippen LogP contribution in [0.4, 0.5) is 0 Å². The Kier molecular flexibility index (Phi) is 42.7. The van der Waals surface area contributed by atoms with E-state index in [2.05, 4.69) is 4.31 Å². The SMILES string of the molecule is O=P([O-])([O-])OP(=O)([O-])[O-].O=[C]([Fe+][C](=O)c1ccccc1)c1ccccc1.O=[C]([Fe+][C](=O)c1ccccc1)c1ccccc1.O=[C]([Fe+][C](=O)c1ccccc1)c1ccccc1.O=[C]([Fe+][C](=O)c1ccccc1)c1ccccc1.OO.OO.OO.OO. The molecular formula is C56H48Fe4O23P2. The summed E-state index contributed by atoms with van der Waals surface area (Å²) in [6.07, 6.45) is 0. The Morgan fingerprint density at radius 1 is 0.235 bits per heavy atom. The van der Waals surface area contributed by atoms with Gasteiger partial charge < -0.3 is 33.0 Å². The molecule has 0 saturated heterocycles. The number of benzene rings is 8. The first kappa shape index (κ1) is 78.1. The molecule has 0 aliphatic rings. The van der Waals surface area contributed by atoms with Crippen LogP contribution in [0.2, 0.25) is 0 Å². The minimum Gasteiger partial charge on any atom is -0.255 e. The van der Waals surface area contributed by atoms with E-state index in [4.69, 9.17) is 42.1 Å². The summed E-state index contributed by atoms with van der Waals surface area (Å²) in [4.78, 5) is 132. The van der Waals surface area contributed by atoms with Crippen molar-refractivity contribution in [2.45, 2.75) is 0 Å². The molecule has 0 heterocycles. The fourth-order valence-corrected chi connectivity index (χ4v) is 9.98. The van der Waals surface area contributed by atoms with Gasteiger partial charge in [-0.05, 0) is 0 Å². The summed E-state index contributed by atoms with van der Waals surface area (Å²) in [5.41, 5.74) is 4.64. The topological polar surface area (TPSA) is 434 Å². The zero-order chi connectivity index (χ0) is 64.1. The first-order valence-electron chi connectivity index (χ1n) is 22.6. The molecule has 0 unspecified atom stereocenters. The molecule has 8 aromatic carbocycles. The van der Waals surface area contributed by atoms with Crippen LogP contribution in [0.15, 0.2) is 243 Å². The predicted octanol–water partition coefficient (Wildman–Crippen LogP) is 7.73. The third-order valence-electron chi connectivity index (χ3n) is 8.79. The molecule has 0 aliphatic heterocycles. The van der Waals surface area contributed by atoms with Crippen LogP contribution in [0.25, 0.3) is 0 Å². The molecule has 8 rings (SSSR count). The van der Waals surface area contributed by atoms with Crippen molar-refractivity contribution in [2.24, 2.45) is 0 Å². The van der Waals surface area contributed by atoms with E-state index in [9.17, 15) is 67.1 Å². The van der Waals surface area contributed by atoms with Crippen molar-refractivity contribution in [2.75, 3.05) is 0 Å². The third kappa shape index (κ3) is 35.3. The van der Waals surface area contributed by atoms with Crippen LogP contribution in [0.3, 0.4) is 0 Å². The Morgan fingerprint density at radius 2 is 0.329 bits per heavy atom. The van der Waals surface area contributed by atoms with Gasteiger partial charge in [-0.25, -0.2) is 0 Å². The van der Waals surface area contributed by atoms with E-state index < -0.39 is 15.6 Å². The number of rotatable bonds is 18. The minimum atomic E-state index is -5.68. The van der Waals surface area contributed by atoms with Gasteiger partial charge >= 0.3 is 423 Å². The Morgan fingerprint density at radius 3 is 0.400 bits per heavy atom. The summed E-state index contributed by atoms with van der Waals surface area (Å²) in [5.74, 6) is 0. The third-order valence-corrected chi connectivity index (χ3v) is 14.9. The second kappa shape index (κ2) is 46.4. The standard InChI is InChI=1S/8C7H5O.4Fe.H4O7P2.4H2O2/c8*8-6-7-4-2-1-3-5-7;;;;;1-8(2,3)7-9(4,5)6;4*1-2/h8*1-5H;;;;;(H2,1,2,3)(H2,4,5,6);4*1-2H/q;;;;;;;;4*+1;;;;;/p-4. The van der Waals surface area contributed by atoms with Gasteiger partial charge in [-0.2, -0.15) is 0 Å². The fourth-order valence-electron chi connectivity index (χ4n) is 5.34. The molecule has 0 aromatic heterocycles. The molecule has 0 aliphatic carbocycles. The maximum absolute atomic E-state index is 11.8. The Balaban J connectivity index is 0.00000102. The summed E-state index contributed by atoms with van der Waals surface area (Å²) in [6, 6.07) is 71.0. The molecule has 0 amide bonds. The Hall–Kier alpha value is -6.86. The average Bonchev–Trinajstić information content (AvgIpc) is 3.61. The molecule has 0 fully saturated rings. The van der Waals surface area contributed by atoms with Crippen molar-refractivity contribution in [3.8, 4) is 0 Å². The van der Waals surface area contributed by atoms with Gasteiger partial charge in [0.1, 0.15) is 0 Å². The Bertz CT molecular complexity index is 2680. The molecule has 0 saturated carbocycles. The molecule has 8 aromatic rings. The van der Waals surface area contributed by atoms with Gasteiger partial charge in [-0.3, -0.25) is 42.1 Å². The molecule has 452 valence electrons. The Labute approximate surface area is 510 Å². The van der Waals surface area contributed by atoms with Crippen LogP contribution >= 0.6 is 15.6 Å². The van der Waals surface area contributed by atoms with Gasteiger partial charge in [-0.15, -0.1) is 0 Å². The summed E-state index contributed by atoms with van der Waals surface area (Å²) in [7, 11) is -11.4. The van der Waals surface area contributed by atoms with Gasteiger partial charge in [-0.1, -0.05) is 0 Å². The first-order valence-corrected chi connectivity index (χ1v) is 29.9. The quantitative estimate of drug-likeness (QED) is 0.0176. The number of phosphoric acid groups is 2. The molecule has 8 N–H and O–H groups in total. The van der Waals surface area contributed by atoms with Crippen LogP contribution < -0.4 is 19.6 Å². The van der Waals surface area contributed by atoms with Gasteiger partial charge in [0.15, 0.2) is 0 Å². The zero-order valence-electron chi connectivity index (χ0n) is 43.1. The maximum atomic E-state index is 11.8. The number of hydrogen-bond donors (Lipinski definition) is 8. The molecular weight excluding hydrogens is 1330 g/mol. The van der Waals surface area contributed by atoms with Crippen molar-refractivity contribution >= 4 is 53.1 Å². The summed E-state index contributed by atoms with van der Waals surface area (Å²) in [5, 5.41) is 48.0. The van der Waals surface area contributed by atoms with E-state index in [0.29, 0.717) is 44.5 Å². The molecule has 23 nitrogen and oxygen atoms in total. The summed E-state index contributed by atoms with van der Waals surface area (Å²) < 4.78 is 20.0. The van der Waals surface area contributed by atoms with Crippen molar-refractivity contribution in [3.05, 3.63) is 287 Å². The molecule has 0 bridgehead atoms. The molecule has 85 heavy (non-hydrogen) atoms. The van der Waals surface area contributed by atoms with E-state index in [-0.39, 0.29) is 97.3 Å². The van der Waals surface area contributed by atoms with Gasteiger partial charge in [0, 0.05) is 0 Å². The van der Waals surface area contributed by atoms with Crippen molar-refractivity contribution < 1.29 is 173 Å².